The molecule has 7 N–H and O–H groups in total. The molecule has 0 aromatic heterocycles. The lowest BCUT2D eigenvalue weighted by Crippen LogP contribution is -2.52. The van der Waals surface area contributed by atoms with Gasteiger partial charge in [0.05, 0.1) is 6.04 Å². The summed E-state index contributed by atoms with van der Waals surface area (Å²) in [4.78, 5) is 54.9. The molecule has 0 saturated heterocycles. The van der Waals surface area contributed by atoms with Gasteiger partial charge in [0.25, 0.3) is 0 Å². The van der Waals surface area contributed by atoms with Crippen molar-refractivity contribution in [2.24, 2.45) is 5.73 Å². The Balaban J connectivity index is 4.68. The predicted octanol–water partition coefficient (Wildman–Crippen LogP) is -2.27. The van der Waals surface area contributed by atoms with Crippen molar-refractivity contribution in [2.75, 3.05) is 6.54 Å². The van der Waals surface area contributed by atoms with E-state index in [1.165, 1.54) is 0 Å². The lowest BCUT2D eigenvalue weighted by atomic mass is 10.1. The topological polar surface area (TPSA) is 196 Å². The van der Waals surface area contributed by atoms with E-state index >= 15 is 0 Å². The lowest BCUT2D eigenvalue weighted by Gasteiger charge is -2.19. The normalized spacial score (nSPS) is 12.7. The number of rotatable bonds is 11. The Labute approximate surface area is 130 Å². The molecule has 23 heavy (non-hydrogen) atoms. The molecule has 0 unspecified atom stereocenters. The number of hydrogen-bond acceptors (Lipinski definition) is 6. The van der Waals surface area contributed by atoms with Crippen molar-refractivity contribution in [3.8, 4) is 0 Å². The predicted molar refractivity (Wildman–Crippen MR) is 74.3 cm³/mol. The molecule has 0 aliphatic rings. The van der Waals surface area contributed by atoms with Crippen LogP contribution in [0.1, 0.15) is 25.7 Å². The third-order valence-corrected chi connectivity index (χ3v) is 2.70. The van der Waals surface area contributed by atoms with Crippen molar-refractivity contribution in [2.45, 2.75) is 37.8 Å². The molecular formula is C12H19N3O8. The number of carbonyl (C=O) groups excluding carboxylic acids is 2. The van der Waals surface area contributed by atoms with Crippen LogP contribution < -0.4 is 16.4 Å². The molecule has 0 radical (unpaired) electrons. The summed E-state index contributed by atoms with van der Waals surface area (Å²) >= 11 is 0. The Kier molecular flexibility index (Phi) is 8.92. The third-order valence-electron chi connectivity index (χ3n) is 2.70. The molecule has 0 heterocycles. The van der Waals surface area contributed by atoms with Gasteiger partial charge < -0.3 is 31.7 Å². The second-order valence-corrected chi connectivity index (χ2v) is 4.64. The van der Waals surface area contributed by atoms with Gasteiger partial charge in [-0.15, -0.1) is 0 Å². The van der Waals surface area contributed by atoms with Crippen molar-refractivity contribution in [3.63, 3.8) is 0 Å². The average Bonchev–Trinajstić information content (AvgIpc) is 2.45. The minimum atomic E-state index is -1.31. The summed E-state index contributed by atoms with van der Waals surface area (Å²) < 4.78 is 0. The highest BCUT2D eigenvalue weighted by Gasteiger charge is 2.25. The number of hydrogen-bond donors (Lipinski definition) is 6. The summed E-state index contributed by atoms with van der Waals surface area (Å²) in [5.74, 6) is -5.35. The molecule has 0 rings (SSSR count). The average molecular weight is 333 g/mol. The second-order valence-electron chi connectivity index (χ2n) is 4.64. The van der Waals surface area contributed by atoms with E-state index in [9.17, 15) is 24.0 Å². The molecule has 11 heteroatoms. The summed E-state index contributed by atoms with van der Waals surface area (Å²) in [6, 6.07) is -2.47. The van der Waals surface area contributed by atoms with E-state index < -0.39 is 54.8 Å². The van der Waals surface area contributed by atoms with Gasteiger partial charge in [-0.25, -0.2) is 0 Å². The minimum Gasteiger partial charge on any atom is -0.481 e. The summed E-state index contributed by atoms with van der Waals surface area (Å²) in [5, 5.41) is 29.8. The van der Waals surface area contributed by atoms with Gasteiger partial charge in [-0.1, -0.05) is 0 Å². The highest BCUT2D eigenvalue weighted by Crippen LogP contribution is 2.01. The second kappa shape index (κ2) is 10.1. The third kappa shape index (κ3) is 9.79. The van der Waals surface area contributed by atoms with Gasteiger partial charge in [-0.05, 0) is 12.8 Å². The Morgan fingerprint density at radius 1 is 0.826 bits per heavy atom. The molecule has 0 bridgehead atoms. The van der Waals surface area contributed by atoms with E-state index in [2.05, 4.69) is 5.32 Å². The van der Waals surface area contributed by atoms with Crippen molar-refractivity contribution in [3.05, 3.63) is 0 Å². The van der Waals surface area contributed by atoms with Gasteiger partial charge in [-0.3, -0.25) is 24.0 Å². The lowest BCUT2D eigenvalue weighted by molar-refractivity contribution is -0.140. The number of nitrogens with one attached hydrogen (secondary N) is 2. The maximum atomic E-state index is 11.8. The summed E-state index contributed by atoms with van der Waals surface area (Å²) in [7, 11) is 0. The highest BCUT2D eigenvalue weighted by atomic mass is 16.4. The van der Waals surface area contributed by atoms with Crippen LogP contribution in [0.3, 0.4) is 0 Å². The number of carboxylic acids is 3. The summed E-state index contributed by atoms with van der Waals surface area (Å²) in [5.41, 5.74) is 5.47. The fourth-order valence-electron chi connectivity index (χ4n) is 1.51. The molecule has 2 amide bonds. The number of carbonyl (C=O) groups is 5. The van der Waals surface area contributed by atoms with E-state index in [0.29, 0.717) is 0 Å². The van der Waals surface area contributed by atoms with E-state index in [0.717, 1.165) is 0 Å². The summed E-state index contributed by atoms with van der Waals surface area (Å²) in [6.45, 7) is -0.691. The number of carboxylic acid groups (broad SMARTS) is 3. The molecule has 130 valence electrons. The van der Waals surface area contributed by atoms with Gasteiger partial charge in [0.2, 0.25) is 11.8 Å². The van der Waals surface area contributed by atoms with Crippen LogP contribution in [0.4, 0.5) is 0 Å². The largest absolute Gasteiger partial charge is 0.481 e. The molecule has 0 aliphatic heterocycles. The van der Waals surface area contributed by atoms with Crippen LogP contribution in [-0.4, -0.2) is 63.7 Å². The number of amides is 2. The Morgan fingerprint density at radius 2 is 1.35 bits per heavy atom. The van der Waals surface area contributed by atoms with Gasteiger partial charge >= 0.3 is 17.9 Å². The van der Waals surface area contributed by atoms with E-state index in [-0.39, 0.29) is 19.3 Å². The van der Waals surface area contributed by atoms with Crippen molar-refractivity contribution in [1.29, 1.82) is 0 Å². The first-order valence-electron chi connectivity index (χ1n) is 6.62. The van der Waals surface area contributed by atoms with Crippen LogP contribution in [0.5, 0.6) is 0 Å². The first kappa shape index (κ1) is 20.3. The van der Waals surface area contributed by atoms with Crippen LogP contribution in [-0.2, 0) is 24.0 Å². The Hall–Kier alpha value is -2.69. The van der Waals surface area contributed by atoms with Gasteiger partial charge in [-0.2, -0.15) is 0 Å². The maximum absolute atomic E-state index is 11.8. The maximum Gasteiger partial charge on any atom is 0.322 e. The SMILES string of the molecule is N[C@@H](CCC(=O)O)C(=O)N[C@@H](CCC(=O)O)C(=O)NCC(=O)O. The fourth-order valence-corrected chi connectivity index (χ4v) is 1.51. The summed E-state index contributed by atoms with van der Waals surface area (Å²) in [6.07, 6.45) is -1.21. The Morgan fingerprint density at radius 3 is 1.83 bits per heavy atom. The first-order chi connectivity index (χ1) is 10.6. The van der Waals surface area contributed by atoms with Crippen molar-refractivity contribution >= 4 is 29.7 Å². The monoisotopic (exact) mass is 333 g/mol. The minimum absolute atomic E-state index is 0.163. The molecule has 0 aromatic carbocycles. The standard InChI is InChI=1S/C12H19N3O8/c13-6(1-3-8(16)17)11(22)15-7(2-4-9(18)19)12(23)14-5-10(20)21/h6-7H,1-5,13H2,(H,14,23)(H,15,22)(H,16,17)(H,18,19)(H,20,21)/t6-,7-/m0/s1. The zero-order valence-electron chi connectivity index (χ0n) is 12.2. The Bertz CT molecular complexity index is 479. The molecule has 0 aromatic rings. The molecule has 0 spiro atoms. The first-order valence-corrected chi connectivity index (χ1v) is 6.62. The van der Waals surface area contributed by atoms with Crippen molar-refractivity contribution < 1.29 is 39.3 Å². The van der Waals surface area contributed by atoms with Crippen LogP contribution in [0.15, 0.2) is 0 Å². The molecule has 0 saturated carbocycles. The quantitative estimate of drug-likeness (QED) is 0.241. The van der Waals surface area contributed by atoms with Gasteiger partial charge in [0.15, 0.2) is 0 Å². The number of nitrogens with two attached hydrogens (primary N) is 1. The molecular weight excluding hydrogens is 314 g/mol. The number of aliphatic carboxylic acids is 3. The smallest absolute Gasteiger partial charge is 0.322 e. The van der Waals surface area contributed by atoms with Crippen LogP contribution in [0.2, 0.25) is 0 Å². The zero-order chi connectivity index (χ0) is 18.0. The van der Waals surface area contributed by atoms with E-state index in [1.54, 1.807) is 0 Å². The van der Waals surface area contributed by atoms with Crippen LogP contribution in [0, 0.1) is 0 Å². The molecule has 2 atom stereocenters. The van der Waals surface area contributed by atoms with Gasteiger partial charge in [0, 0.05) is 12.8 Å². The van der Waals surface area contributed by atoms with Crippen molar-refractivity contribution in [1.82, 2.24) is 10.6 Å². The highest BCUT2D eigenvalue weighted by molar-refractivity contribution is 5.91. The molecule has 0 fully saturated rings. The molecule has 0 aliphatic carbocycles. The van der Waals surface area contributed by atoms with Crippen LogP contribution >= 0.6 is 0 Å². The van der Waals surface area contributed by atoms with Gasteiger partial charge in [0.1, 0.15) is 12.6 Å². The van der Waals surface area contributed by atoms with E-state index in [4.69, 9.17) is 21.1 Å². The zero-order valence-corrected chi connectivity index (χ0v) is 12.2. The fraction of sp³-hybridized carbons (Fsp3) is 0.583. The van der Waals surface area contributed by atoms with Crippen LogP contribution in [0.25, 0.3) is 0 Å². The molecule has 11 nitrogen and oxygen atoms in total. The van der Waals surface area contributed by atoms with E-state index in [1.807, 2.05) is 5.32 Å².